The average molecular weight is 351 g/mol. The van der Waals surface area contributed by atoms with Crippen LogP contribution in [0, 0.1) is 0 Å². The fraction of sp³-hybridized carbons (Fsp3) is 0.0870. The summed E-state index contributed by atoms with van der Waals surface area (Å²) < 4.78 is 6.31. The van der Waals surface area contributed by atoms with Crippen molar-refractivity contribution in [2.24, 2.45) is 4.99 Å². The minimum Gasteiger partial charge on any atom is -0.465 e. The first-order chi connectivity index (χ1) is 13.4. The van der Waals surface area contributed by atoms with Crippen molar-refractivity contribution in [3.05, 3.63) is 108 Å². The van der Waals surface area contributed by atoms with Crippen LogP contribution in [-0.4, -0.2) is 15.9 Å². The van der Waals surface area contributed by atoms with Crippen LogP contribution in [0.15, 0.2) is 96.1 Å². The molecule has 3 heterocycles. The Morgan fingerprint density at radius 3 is 2.22 bits per heavy atom. The van der Waals surface area contributed by atoms with E-state index in [0.717, 1.165) is 16.5 Å². The number of ether oxygens (including phenoxy) is 1. The molecule has 0 spiro atoms. The highest BCUT2D eigenvalue weighted by Crippen LogP contribution is 2.40. The number of nitrogens with zero attached hydrogens (tertiary/aromatic N) is 3. The van der Waals surface area contributed by atoms with Crippen LogP contribution in [0.1, 0.15) is 29.0 Å². The van der Waals surface area contributed by atoms with Crippen molar-refractivity contribution >= 4 is 16.9 Å². The highest BCUT2D eigenvalue weighted by molar-refractivity contribution is 5.95. The molecule has 4 heteroatoms. The molecule has 4 aromatic rings. The number of rotatable bonds is 3. The Balaban J connectivity index is 1.58. The lowest BCUT2D eigenvalue weighted by molar-refractivity contribution is 0.196. The first kappa shape index (κ1) is 15.7. The molecule has 27 heavy (non-hydrogen) atoms. The van der Waals surface area contributed by atoms with Crippen LogP contribution in [0.5, 0.6) is 0 Å². The maximum atomic E-state index is 6.31. The van der Waals surface area contributed by atoms with Crippen molar-refractivity contribution in [3.8, 4) is 0 Å². The second kappa shape index (κ2) is 6.65. The normalized spacial score (nSPS) is 18.9. The number of aliphatic imine (C=N–C) groups is 1. The van der Waals surface area contributed by atoms with E-state index in [1.165, 1.54) is 0 Å². The molecule has 1 aliphatic heterocycles. The van der Waals surface area contributed by atoms with E-state index >= 15 is 0 Å². The van der Waals surface area contributed by atoms with E-state index in [0.29, 0.717) is 17.2 Å². The molecule has 0 N–H and O–H groups in total. The third-order valence-electron chi connectivity index (χ3n) is 4.73. The van der Waals surface area contributed by atoms with Gasteiger partial charge in [-0.25, -0.2) is 15.0 Å². The van der Waals surface area contributed by atoms with Crippen LogP contribution in [0.3, 0.4) is 0 Å². The summed E-state index contributed by atoms with van der Waals surface area (Å²) in [6, 6.07) is 28.2. The predicted molar refractivity (Wildman–Crippen MR) is 106 cm³/mol. The molecule has 4 nitrogen and oxygen atoms in total. The number of hydrogen-bond acceptors (Lipinski definition) is 4. The first-order valence-corrected chi connectivity index (χ1v) is 8.95. The van der Waals surface area contributed by atoms with Gasteiger partial charge in [0.05, 0.1) is 0 Å². The maximum absolute atomic E-state index is 6.31. The minimum absolute atomic E-state index is 0.107. The highest BCUT2D eigenvalue weighted by Gasteiger charge is 2.34. The zero-order valence-electron chi connectivity index (χ0n) is 14.6. The van der Waals surface area contributed by atoms with E-state index in [1.807, 2.05) is 60.7 Å². The van der Waals surface area contributed by atoms with E-state index < -0.39 is 0 Å². The maximum Gasteiger partial charge on any atom is 0.236 e. The molecule has 2 unspecified atom stereocenters. The van der Waals surface area contributed by atoms with Crippen molar-refractivity contribution in [2.45, 2.75) is 12.1 Å². The van der Waals surface area contributed by atoms with E-state index in [2.05, 4.69) is 34.2 Å². The van der Waals surface area contributed by atoms with Gasteiger partial charge in [-0.2, -0.15) is 0 Å². The van der Waals surface area contributed by atoms with E-state index in [1.54, 1.807) is 6.20 Å². The van der Waals surface area contributed by atoms with Gasteiger partial charge in [0.25, 0.3) is 0 Å². The number of hydrogen-bond donors (Lipinski definition) is 0. The lowest BCUT2D eigenvalue weighted by atomic mass is 9.97. The summed E-state index contributed by atoms with van der Waals surface area (Å²) in [4.78, 5) is 13.9. The summed E-state index contributed by atoms with van der Waals surface area (Å²) in [6.45, 7) is 0. The van der Waals surface area contributed by atoms with Crippen LogP contribution < -0.4 is 0 Å². The molecule has 0 bridgehead atoms. The molecule has 2 aromatic heterocycles. The number of aromatic nitrogens is 2. The van der Waals surface area contributed by atoms with E-state index in [-0.39, 0.29) is 12.1 Å². The second-order valence-corrected chi connectivity index (χ2v) is 6.49. The van der Waals surface area contributed by atoms with Gasteiger partial charge in [-0.1, -0.05) is 60.7 Å². The zero-order valence-corrected chi connectivity index (χ0v) is 14.6. The third kappa shape index (κ3) is 2.95. The molecule has 0 saturated carbocycles. The Bertz CT molecular complexity index is 1110. The number of pyridine rings is 2. The molecule has 130 valence electrons. The summed E-state index contributed by atoms with van der Waals surface area (Å²) in [6.07, 6.45) is 1.57. The molecule has 2 atom stereocenters. The quantitative estimate of drug-likeness (QED) is 0.528. The predicted octanol–water partition coefficient (Wildman–Crippen LogP) is 4.89. The monoisotopic (exact) mass is 351 g/mol. The fourth-order valence-corrected chi connectivity index (χ4v) is 3.40. The van der Waals surface area contributed by atoms with Crippen LogP contribution in [0.4, 0.5) is 0 Å². The van der Waals surface area contributed by atoms with Gasteiger partial charge in [0.15, 0.2) is 11.8 Å². The first-order valence-electron chi connectivity index (χ1n) is 8.95. The SMILES string of the molecule is c1ccc(C2N=C(c3ccc4cccnc4n3)OC2c2ccccc2)cc1. The van der Waals surface area contributed by atoms with Crippen LogP contribution in [0.25, 0.3) is 11.0 Å². The molecule has 2 aromatic carbocycles. The van der Waals surface area contributed by atoms with Crippen LogP contribution in [0.2, 0.25) is 0 Å². The van der Waals surface area contributed by atoms with Gasteiger partial charge in [-0.15, -0.1) is 0 Å². The summed E-state index contributed by atoms with van der Waals surface area (Å²) in [5.74, 6) is 0.560. The van der Waals surface area contributed by atoms with Crippen molar-refractivity contribution in [2.75, 3.05) is 0 Å². The summed E-state index contributed by atoms with van der Waals surface area (Å²) in [7, 11) is 0. The van der Waals surface area contributed by atoms with Gasteiger partial charge in [0.1, 0.15) is 11.7 Å². The summed E-state index contributed by atoms with van der Waals surface area (Å²) in [5.41, 5.74) is 3.63. The van der Waals surface area contributed by atoms with Crippen molar-refractivity contribution in [3.63, 3.8) is 0 Å². The van der Waals surface area contributed by atoms with E-state index in [4.69, 9.17) is 9.73 Å². The Morgan fingerprint density at radius 1 is 0.704 bits per heavy atom. The van der Waals surface area contributed by atoms with E-state index in [9.17, 15) is 0 Å². The molecule has 0 radical (unpaired) electrons. The summed E-state index contributed by atoms with van der Waals surface area (Å²) >= 11 is 0. The van der Waals surface area contributed by atoms with Crippen molar-refractivity contribution in [1.29, 1.82) is 0 Å². The molecule has 1 aliphatic rings. The third-order valence-corrected chi connectivity index (χ3v) is 4.73. The van der Waals surface area contributed by atoms with Gasteiger partial charge in [0, 0.05) is 11.6 Å². The Labute approximate surface area is 157 Å². The fourth-order valence-electron chi connectivity index (χ4n) is 3.40. The molecule has 0 saturated heterocycles. The largest absolute Gasteiger partial charge is 0.465 e. The molecule has 0 fully saturated rings. The minimum atomic E-state index is -0.176. The molecular formula is C23H17N3O. The van der Waals surface area contributed by atoms with Gasteiger partial charge >= 0.3 is 0 Å². The lowest BCUT2D eigenvalue weighted by Crippen LogP contribution is -2.10. The zero-order chi connectivity index (χ0) is 18.1. The Kier molecular flexibility index (Phi) is 3.87. The lowest BCUT2D eigenvalue weighted by Gasteiger charge is -2.18. The topological polar surface area (TPSA) is 47.4 Å². The standard InChI is InChI=1S/C23H17N3O/c1-3-8-16(9-4-1)20-21(17-10-5-2-6-11-17)27-23(26-20)19-14-13-18-12-7-15-24-22(18)25-19/h1-15,20-21H. The van der Waals surface area contributed by atoms with Crippen LogP contribution in [-0.2, 0) is 4.74 Å². The molecule has 0 amide bonds. The molecule has 5 rings (SSSR count). The van der Waals surface area contributed by atoms with Gasteiger partial charge in [-0.3, -0.25) is 0 Å². The van der Waals surface area contributed by atoms with Gasteiger partial charge in [0.2, 0.25) is 5.90 Å². The average Bonchev–Trinajstić information content (AvgIpc) is 3.20. The molecule has 0 aliphatic carbocycles. The highest BCUT2D eigenvalue weighted by atomic mass is 16.5. The molecular weight excluding hydrogens is 334 g/mol. The summed E-state index contributed by atoms with van der Waals surface area (Å²) in [5, 5.41) is 0.999. The second-order valence-electron chi connectivity index (χ2n) is 6.49. The van der Waals surface area contributed by atoms with Crippen molar-refractivity contribution < 1.29 is 4.74 Å². The van der Waals surface area contributed by atoms with Gasteiger partial charge < -0.3 is 4.74 Å². The smallest absolute Gasteiger partial charge is 0.236 e. The van der Waals surface area contributed by atoms with Crippen molar-refractivity contribution in [1.82, 2.24) is 9.97 Å². The number of benzene rings is 2. The number of fused-ring (bicyclic) bond motifs is 1. The Hall–Kier alpha value is -3.53. The van der Waals surface area contributed by atoms with Crippen LogP contribution >= 0.6 is 0 Å². The Morgan fingerprint density at radius 2 is 1.44 bits per heavy atom. The van der Waals surface area contributed by atoms with Gasteiger partial charge in [-0.05, 0) is 35.4 Å².